The molecule has 0 spiro atoms. The van der Waals surface area contributed by atoms with Crippen LogP contribution in [-0.4, -0.2) is 96.7 Å². The zero-order chi connectivity index (χ0) is 80.6. The van der Waals surface area contributed by atoms with Crippen molar-refractivity contribution in [3.8, 4) is 0 Å². The van der Waals surface area contributed by atoms with Crippen LogP contribution in [0.5, 0.6) is 0 Å². The summed E-state index contributed by atoms with van der Waals surface area (Å²) in [6.07, 6.45) is 76.7. The van der Waals surface area contributed by atoms with Crippen LogP contribution in [0.1, 0.15) is 491 Å². The third kappa shape index (κ3) is 84.0. The van der Waals surface area contributed by atoms with E-state index in [1.54, 1.807) is 0 Å². The van der Waals surface area contributed by atoms with E-state index in [0.717, 1.165) is 102 Å². The molecular formula is C91H178O17P2. The molecule has 0 aromatic carbocycles. The molecule has 0 amide bonds. The van der Waals surface area contributed by atoms with Crippen molar-refractivity contribution in [3.63, 3.8) is 0 Å². The topological polar surface area (TPSA) is 237 Å². The van der Waals surface area contributed by atoms with Crippen molar-refractivity contribution in [1.29, 1.82) is 0 Å². The zero-order valence-corrected chi connectivity index (χ0v) is 74.4. The Morgan fingerprint density at radius 3 is 0.618 bits per heavy atom. The second kappa shape index (κ2) is 82.2. The lowest BCUT2D eigenvalue weighted by atomic mass is 10.0. The largest absolute Gasteiger partial charge is 0.472 e. The molecule has 0 fully saturated rings. The molecule has 0 saturated heterocycles. The fourth-order valence-electron chi connectivity index (χ4n) is 14.3. The van der Waals surface area contributed by atoms with E-state index < -0.39 is 97.5 Å². The van der Waals surface area contributed by atoms with Gasteiger partial charge in [0, 0.05) is 25.7 Å². The first-order chi connectivity index (χ1) is 53.4. The van der Waals surface area contributed by atoms with Crippen LogP contribution >= 0.6 is 15.6 Å². The lowest BCUT2D eigenvalue weighted by Crippen LogP contribution is -2.30. The van der Waals surface area contributed by atoms with Gasteiger partial charge < -0.3 is 33.8 Å². The van der Waals surface area contributed by atoms with E-state index in [4.69, 9.17) is 37.0 Å². The van der Waals surface area contributed by atoms with E-state index in [2.05, 4.69) is 41.5 Å². The van der Waals surface area contributed by atoms with E-state index >= 15 is 0 Å². The third-order valence-corrected chi connectivity index (χ3v) is 23.4. The normalized spacial score (nSPS) is 13.7. The van der Waals surface area contributed by atoms with Gasteiger partial charge in [-0.25, -0.2) is 9.13 Å². The number of phosphoric acid groups is 2. The van der Waals surface area contributed by atoms with Crippen molar-refractivity contribution in [1.82, 2.24) is 0 Å². The van der Waals surface area contributed by atoms with Crippen LogP contribution in [-0.2, 0) is 65.4 Å². The molecule has 0 saturated carbocycles. The monoisotopic (exact) mass is 1610 g/mol. The van der Waals surface area contributed by atoms with Gasteiger partial charge in [-0.2, -0.15) is 0 Å². The Balaban J connectivity index is 5.21. The number of unbranched alkanes of at least 4 members (excludes halogenated alkanes) is 60. The van der Waals surface area contributed by atoms with Gasteiger partial charge in [-0.1, -0.05) is 440 Å². The maximum atomic E-state index is 13.2. The predicted molar refractivity (Wildman–Crippen MR) is 455 cm³/mol. The maximum Gasteiger partial charge on any atom is 0.472 e. The molecule has 0 aromatic heterocycles. The van der Waals surface area contributed by atoms with Gasteiger partial charge in [0.2, 0.25) is 0 Å². The molecule has 654 valence electrons. The van der Waals surface area contributed by atoms with E-state index in [1.165, 1.54) is 308 Å². The predicted octanol–water partition coefficient (Wildman–Crippen LogP) is 28.2. The van der Waals surface area contributed by atoms with Gasteiger partial charge in [0.1, 0.15) is 19.3 Å². The van der Waals surface area contributed by atoms with Crippen LogP contribution in [0.15, 0.2) is 0 Å². The maximum absolute atomic E-state index is 13.2. The first kappa shape index (κ1) is 108. The van der Waals surface area contributed by atoms with Gasteiger partial charge in [0.15, 0.2) is 12.2 Å². The number of carbonyl (C=O) groups excluding carboxylic acids is 4. The second-order valence-electron chi connectivity index (χ2n) is 33.6. The van der Waals surface area contributed by atoms with Gasteiger partial charge in [-0.15, -0.1) is 0 Å². The summed E-state index contributed by atoms with van der Waals surface area (Å²) >= 11 is 0. The first-order valence-electron chi connectivity index (χ1n) is 47.0. The van der Waals surface area contributed by atoms with E-state index in [9.17, 15) is 43.2 Å². The standard InChI is InChI=1S/C91H178O17P2/c1-7-9-11-13-15-17-19-21-23-25-27-29-31-33-35-37-39-44-48-55-61-67-73-88(93)101-79-86(107-90(95)75-69-63-57-49-45-40-38-36-34-32-30-28-26-24-22-20-18-16-14-12-10-8-2)81-105-109(97,98)103-77-85(92)78-104-110(99,100)106-82-87(80-102-89(94)74-68-62-56-52-51-54-60-66-72-84(5)6)108-91(96)76-70-64-58-50-46-42-41-43-47-53-59-65-71-83(3)4/h83-87,92H,7-82H2,1-6H3,(H,97,98)(H,99,100)/t85-,86-,87-/m1/s1. The molecule has 0 aliphatic rings. The summed E-state index contributed by atoms with van der Waals surface area (Å²) in [6, 6.07) is 0. The highest BCUT2D eigenvalue weighted by Crippen LogP contribution is 2.45. The minimum atomic E-state index is -4.97. The molecule has 0 rings (SSSR count). The Bertz CT molecular complexity index is 2100. The van der Waals surface area contributed by atoms with E-state index in [0.29, 0.717) is 25.7 Å². The number of aliphatic hydroxyl groups excluding tert-OH is 1. The highest BCUT2D eigenvalue weighted by molar-refractivity contribution is 7.47. The van der Waals surface area contributed by atoms with Crippen LogP contribution in [0.3, 0.4) is 0 Å². The summed E-state index contributed by atoms with van der Waals surface area (Å²) in [5.74, 6) is -0.597. The summed E-state index contributed by atoms with van der Waals surface area (Å²) in [6.45, 7) is 9.66. The highest BCUT2D eigenvalue weighted by atomic mass is 31.2. The third-order valence-electron chi connectivity index (χ3n) is 21.5. The Labute approximate surface area is 677 Å². The van der Waals surface area contributed by atoms with Crippen LogP contribution in [0.4, 0.5) is 0 Å². The lowest BCUT2D eigenvalue weighted by Gasteiger charge is -2.21. The molecule has 0 aromatic rings. The number of hydrogen-bond acceptors (Lipinski definition) is 15. The molecule has 17 nitrogen and oxygen atoms in total. The number of aliphatic hydroxyl groups is 1. The number of phosphoric ester groups is 2. The lowest BCUT2D eigenvalue weighted by molar-refractivity contribution is -0.161. The molecule has 5 atom stereocenters. The average molecular weight is 1610 g/mol. The van der Waals surface area contributed by atoms with Gasteiger partial charge in [-0.3, -0.25) is 37.3 Å². The number of hydrogen-bond donors (Lipinski definition) is 3. The highest BCUT2D eigenvalue weighted by Gasteiger charge is 2.31. The summed E-state index contributed by atoms with van der Waals surface area (Å²) in [5, 5.41) is 10.7. The van der Waals surface area contributed by atoms with Crippen molar-refractivity contribution >= 4 is 39.5 Å². The Hall–Kier alpha value is -1.94. The molecule has 3 N–H and O–H groups in total. The summed E-state index contributed by atoms with van der Waals surface area (Å²) in [4.78, 5) is 73.4. The molecule has 19 heteroatoms. The second-order valence-corrected chi connectivity index (χ2v) is 36.6. The van der Waals surface area contributed by atoms with E-state index in [1.807, 2.05) is 0 Å². The Kier molecular flexibility index (Phi) is 80.7. The summed E-state index contributed by atoms with van der Waals surface area (Å²) < 4.78 is 69.0. The Morgan fingerprint density at radius 2 is 0.418 bits per heavy atom. The molecule has 2 unspecified atom stereocenters. The Morgan fingerprint density at radius 1 is 0.245 bits per heavy atom. The zero-order valence-electron chi connectivity index (χ0n) is 72.6. The van der Waals surface area contributed by atoms with Gasteiger partial charge in [0.25, 0.3) is 0 Å². The average Bonchev–Trinajstić information content (AvgIpc) is 0.897. The SMILES string of the molecule is CCCCCCCCCCCCCCCCCCCCCCCCC(=O)OC[C@H](COP(=O)(O)OC[C@@H](O)COP(=O)(O)OC[C@@H](COC(=O)CCCCCCCCCCC(C)C)OC(=O)CCCCCCCCCCCCCCC(C)C)OC(=O)CCCCCCCCCCCCCCCCCCCCCCCC. The smallest absolute Gasteiger partial charge is 0.462 e. The van der Waals surface area contributed by atoms with Crippen molar-refractivity contribution in [3.05, 3.63) is 0 Å². The fraction of sp³-hybridized carbons (Fsp3) is 0.956. The molecule has 0 aliphatic heterocycles. The molecule has 110 heavy (non-hydrogen) atoms. The number of esters is 4. The van der Waals surface area contributed by atoms with Crippen molar-refractivity contribution in [2.75, 3.05) is 39.6 Å². The minimum Gasteiger partial charge on any atom is -0.462 e. The molecule has 0 heterocycles. The molecular weight excluding hydrogens is 1430 g/mol. The van der Waals surface area contributed by atoms with Gasteiger partial charge >= 0.3 is 39.5 Å². The van der Waals surface area contributed by atoms with Crippen LogP contribution in [0, 0.1) is 11.8 Å². The quantitative estimate of drug-likeness (QED) is 0.0222. The van der Waals surface area contributed by atoms with Gasteiger partial charge in [0.05, 0.1) is 26.4 Å². The van der Waals surface area contributed by atoms with Crippen LogP contribution in [0.2, 0.25) is 0 Å². The molecule has 0 bridgehead atoms. The minimum absolute atomic E-state index is 0.107. The number of ether oxygens (including phenoxy) is 4. The first-order valence-corrected chi connectivity index (χ1v) is 50.0. The van der Waals surface area contributed by atoms with Crippen molar-refractivity contribution in [2.45, 2.75) is 509 Å². The van der Waals surface area contributed by atoms with Crippen LogP contribution < -0.4 is 0 Å². The fourth-order valence-corrected chi connectivity index (χ4v) is 15.9. The number of carbonyl (C=O) groups is 4. The van der Waals surface area contributed by atoms with E-state index in [-0.39, 0.29) is 25.7 Å². The van der Waals surface area contributed by atoms with Crippen molar-refractivity contribution < 1.29 is 80.2 Å². The molecule has 0 aliphatic carbocycles. The number of rotatable bonds is 90. The van der Waals surface area contributed by atoms with Gasteiger partial charge in [-0.05, 0) is 37.5 Å². The summed E-state index contributed by atoms with van der Waals surface area (Å²) in [5.41, 5.74) is 0. The van der Waals surface area contributed by atoms with Crippen LogP contribution in [0.25, 0.3) is 0 Å². The van der Waals surface area contributed by atoms with Crippen molar-refractivity contribution in [2.24, 2.45) is 11.8 Å². The summed E-state index contributed by atoms with van der Waals surface area (Å²) in [7, 11) is -9.93. The molecule has 0 radical (unpaired) electrons.